The molecular formula is C11H18N2O4S. The number of hydrogen-bond acceptors (Lipinski definition) is 4. The number of rotatable bonds is 7. The maximum atomic E-state index is 11.1. The molecule has 0 spiro atoms. The summed E-state index contributed by atoms with van der Waals surface area (Å²) in [5.74, 6) is 1.28. The van der Waals surface area contributed by atoms with Crippen LogP contribution in [0.3, 0.4) is 0 Å². The quantitative estimate of drug-likeness (QED) is 0.750. The van der Waals surface area contributed by atoms with Crippen LogP contribution in [0.15, 0.2) is 18.2 Å². The molecule has 0 aliphatic carbocycles. The molecule has 0 atom stereocenters. The Balaban J connectivity index is 2.63. The summed E-state index contributed by atoms with van der Waals surface area (Å²) in [7, 11) is 1.11. The third-order valence-corrected chi connectivity index (χ3v) is 3.54. The fraction of sp³-hybridized carbons (Fsp3) is 0.455. The fourth-order valence-electron chi connectivity index (χ4n) is 1.44. The monoisotopic (exact) mass is 274 g/mol. The van der Waals surface area contributed by atoms with Crippen molar-refractivity contribution in [2.75, 3.05) is 27.8 Å². The number of hydrogen-bond donors (Lipinski definition) is 2. The predicted octanol–water partition coefficient (Wildman–Crippen LogP) is 0.300. The highest BCUT2D eigenvalue weighted by atomic mass is 32.2. The Morgan fingerprint density at radius 1 is 1.17 bits per heavy atom. The van der Waals surface area contributed by atoms with Crippen molar-refractivity contribution in [3.05, 3.63) is 23.8 Å². The summed E-state index contributed by atoms with van der Waals surface area (Å²) in [6.45, 7) is 0.318. The molecule has 102 valence electrons. The molecule has 0 aliphatic heterocycles. The third kappa shape index (κ3) is 4.17. The molecule has 0 radical (unpaired) electrons. The van der Waals surface area contributed by atoms with Crippen molar-refractivity contribution in [2.45, 2.75) is 6.42 Å². The largest absolute Gasteiger partial charge is 0.493 e. The molecule has 1 aromatic carbocycles. The van der Waals surface area contributed by atoms with Crippen molar-refractivity contribution < 1.29 is 17.9 Å². The highest BCUT2D eigenvalue weighted by molar-refractivity contribution is 7.87. The van der Waals surface area contributed by atoms with Gasteiger partial charge in [0.05, 0.1) is 14.2 Å². The number of nitrogens with one attached hydrogen (secondary N) is 2. The van der Waals surface area contributed by atoms with Gasteiger partial charge in [0.1, 0.15) is 0 Å². The summed E-state index contributed by atoms with van der Waals surface area (Å²) in [5.41, 5.74) is 0.964. The maximum Gasteiger partial charge on any atom is 0.276 e. The molecular weight excluding hydrogens is 256 g/mol. The van der Waals surface area contributed by atoms with E-state index in [4.69, 9.17) is 9.47 Å². The number of methoxy groups -OCH3 is 2. The third-order valence-electron chi connectivity index (χ3n) is 2.42. The molecule has 1 aromatic rings. The first-order chi connectivity index (χ1) is 8.52. The summed E-state index contributed by atoms with van der Waals surface area (Å²) >= 11 is 0. The van der Waals surface area contributed by atoms with Gasteiger partial charge in [-0.25, -0.2) is 9.44 Å². The van der Waals surface area contributed by atoms with Gasteiger partial charge in [-0.2, -0.15) is 8.42 Å². The first-order valence-corrected chi connectivity index (χ1v) is 6.89. The molecule has 7 heteroatoms. The number of benzene rings is 1. The van der Waals surface area contributed by atoms with Gasteiger partial charge in [0.2, 0.25) is 0 Å². The molecule has 0 unspecified atom stereocenters. The molecule has 2 N–H and O–H groups in total. The van der Waals surface area contributed by atoms with Crippen molar-refractivity contribution in [2.24, 2.45) is 0 Å². The topological polar surface area (TPSA) is 76.7 Å². The van der Waals surface area contributed by atoms with Crippen LogP contribution in [0.25, 0.3) is 0 Å². The zero-order chi connectivity index (χ0) is 13.6. The average molecular weight is 274 g/mol. The summed E-state index contributed by atoms with van der Waals surface area (Å²) in [5, 5.41) is 0. The highest BCUT2D eigenvalue weighted by Gasteiger charge is 2.07. The predicted molar refractivity (Wildman–Crippen MR) is 69.2 cm³/mol. The van der Waals surface area contributed by atoms with Crippen LogP contribution >= 0.6 is 0 Å². The van der Waals surface area contributed by atoms with Crippen LogP contribution in [-0.4, -0.2) is 36.2 Å². The van der Waals surface area contributed by atoms with Gasteiger partial charge in [0.25, 0.3) is 10.2 Å². The van der Waals surface area contributed by atoms with Crippen molar-refractivity contribution in [1.29, 1.82) is 0 Å². The molecule has 18 heavy (non-hydrogen) atoms. The van der Waals surface area contributed by atoms with Crippen LogP contribution in [0.4, 0.5) is 0 Å². The number of ether oxygens (including phenoxy) is 2. The van der Waals surface area contributed by atoms with Gasteiger partial charge in [0, 0.05) is 13.6 Å². The summed E-state index contributed by atoms with van der Waals surface area (Å²) < 4.78 is 37.2. The molecule has 1 rings (SSSR count). The van der Waals surface area contributed by atoms with Crippen LogP contribution < -0.4 is 18.9 Å². The van der Waals surface area contributed by atoms with Crippen LogP contribution in [0.2, 0.25) is 0 Å². The molecule has 0 amide bonds. The van der Waals surface area contributed by atoms with E-state index < -0.39 is 10.2 Å². The zero-order valence-electron chi connectivity index (χ0n) is 10.7. The summed E-state index contributed by atoms with van der Waals surface area (Å²) in [4.78, 5) is 0. The SMILES string of the molecule is CNS(=O)(=O)NCCc1ccc(OC)c(OC)c1. The zero-order valence-corrected chi connectivity index (χ0v) is 11.5. The lowest BCUT2D eigenvalue weighted by Gasteiger charge is -2.10. The lowest BCUT2D eigenvalue weighted by atomic mass is 10.1. The van der Waals surface area contributed by atoms with Gasteiger partial charge in [-0.1, -0.05) is 6.07 Å². The molecule has 0 aromatic heterocycles. The van der Waals surface area contributed by atoms with E-state index in [9.17, 15) is 8.42 Å². The lowest BCUT2D eigenvalue weighted by molar-refractivity contribution is 0.354. The van der Waals surface area contributed by atoms with Gasteiger partial charge in [-0.05, 0) is 24.1 Å². The smallest absolute Gasteiger partial charge is 0.276 e. The Labute approximate surface area is 107 Å². The first kappa shape index (κ1) is 14.7. The van der Waals surface area contributed by atoms with E-state index in [-0.39, 0.29) is 0 Å². The van der Waals surface area contributed by atoms with Gasteiger partial charge in [0.15, 0.2) is 11.5 Å². The molecule has 6 nitrogen and oxygen atoms in total. The Morgan fingerprint density at radius 3 is 2.39 bits per heavy atom. The normalized spacial score (nSPS) is 11.3. The second kappa shape index (κ2) is 6.58. The van der Waals surface area contributed by atoms with E-state index in [1.165, 1.54) is 7.05 Å². The molecule has 0 heterocycles. The molecule has 0 bridgehead atoms. The standard InChI is InChI=1S/C11H18N2O4S/c1-12-18(14,15)13-7-6-9-4-5-10(16-2)11(8-9)17-3/h4-5,8,12-13H,6-7H2,1-3H3. The van der Waals surface area contributed by atoms with Crippen molar-refractivity contribution in [3.63, 3.8) is 0 Å². The lowest BCUT2D eigenvalue weighted by Crippen LogP contribution is -2.35. The van der Waals surface area contributed by atoms with Crippen LogP contribution in [-0.2, 0) is 16.6 Å². The van der Waals surface area contributed by atoms with Crippen LogP contribution in [0, 0.1) is 0 Å². The van der Waals surface area contributed by atoms with Gasteiger partial charge in [-0.15, -0.1) is 0 Å². The molecule has 0 saturated heterocycles. The minimum Gasteiger partial charge on any atom is -0.493 e. The minimum absolute atomic E-state index is 0.318. The minimum atomic E-state index is -3.37. The van der Waals surface area contributed by atoms with E-state index in [1.54, 1.807) is 20.3 Å². The van der Waals surface area contributed by atoms with Gasteiger partial charge >= 0.3 is 0 Å². The van der Waals surface area contributed by atoms with Gasteiger partial charge < -0.3 is 9.47 Å². The van der Waals surface area contributed by atoms with E-state index in [0.717, 1.165) is 5.56 Å². The van der Waals surface area contributed by atoms with E-state index in [2.05, 4.69) is 9.44 Å². The van der Waals surface area contributed by atoms with E-state index >= 15 is 0 Å². The Morgan fingerprint density at radius 2 is 1.83 bits per heavy atom. The van der Waals surface area contributed by atoms with E-state index in [1.807, 2.05) is 12.1 Å². The molecule has 0 saturated carbocycles. The van der Waals surface area contributed by atoms with Crippen molar-refractivity contribution in [1.82, 2.24) is 9.44 Å². The van der Waals surface area contributed by atoms with Crippen LogP contribution in [0.1, 0.15) is 5.56 Å². The van der Waals surface area contributed by atoms with Crippen LogP contribution in [0.5, 0.6) is 11.5 Å². The van der Waals surface area contributed by atoms with Crippen molar-refractivity contribution in [3.8, 4) is 11.5 Å². The second-order valence-corrected chi connectivity index (χ2v) is 5.25. The Hall–Kier alpha value is -1.31. The fourth-order valence-corrected chi connectivity index (χ4v) is 1.95. The summed E-state index contributed by atoms with van der Waals surface area (Å²) in [6.07, 6.45) is 0.571. The highest BCUT2D eigenvalue weighted by Crippen LogP contribution is 2.27. The van der Waals surface area contributed by atoms with Crippen molar-refractivity contribution >= 4 is 10.2 Å². The van der Waals surface area contributed by atoms with E-state index in [0.29, 0.717) is 24.5 Å². The Bertz CT molecular complexity index is 488. The Kier molecular flexibility index (Phi) is 5.39. The van der Waals surface area contributed by atoms with Gasteiger partial charge in [-0.3, -0.25) is 0 Å². The second-order valence-electron chi connectivity index (χ2n) is 3.54. The molecule has 0 aliphatic rings. The first-order valence-electron chi connectivity index (χ1n) is 5.41. The average Bonchev–Trinajstić information content (AvgIpc) is 2.38. The summed E-state index contributed by atoms with van der Waals surface area (Å²) in [6, 6.07) is 5.49. The molecule has 0 fully saturated rings. The maximum absolute atomic E-state index is 11.1.